The Balaban J connectivity index is 1.72. The van der Waals surface area contributed by atoms with E-state index in [1.807, 2.05) is 6.92 Å². The first-order chi connectivity index (χ1) is 12.9. The van der Waals surface area contributed by atoms with Crippen molar-refractivity contribution >= 4 is 29.7 Å². The lowest BCUT2D eigenvalue weighted by Crippen LogP contribution is -2.17. The molecular weight excluding hydrogens is 368 g/mol. The Bertz CT molecular complexity index is 1020. The second kappa shape index (κ2) is 7.88. The van der Waals surface area contributed by atoms with Crippen LogP contribution in [0, 0.1) is 6.92 Å². The predicted molar refractivity (Wildman–Crippen MR) is 102 cm³/mol. The lowest BCUT2D eigenvalue weighted by molar-refractivity contribution is 0.0696. The molecule has 0 radical (unpaired) electrons. The van der Waals surface area contributed by atoms with E-state index in [1.54, 1.807) is 54.6 Å². The molecule has 3 rings (SSSR count). The number of aromatic carboxylic acids is 1. The number of halogens is 1. The molecular formula is C20H15ClN2O4. The molecule has 27 heavy (non-hydrogen) atoms. The maximum Gasteiger partial charge on any atom is 0.335 e. The molecule has 0 bridgehead atoms. The summed E-state index contributed by atoms with van der Waals surface area (Å²) in [5.41, 5.74) is 4.57. The average Bonchev–Trinajstić information content (AvgIpc) is 3.11. The Hall–Kier alpha value is -3.38. The van der Waals surface area contributed by atoms with Gasteiger partial charge in [-0.15, -0.1) is 0 Å². The van der Waals surface area contributed by atoms with Crippen LogP contribution in [0.5, 0.6) is 0 Å². The summed E-state index contributed by atoms with van der Waals surface area (Å²) >= 11 is 5.79. The van der Waals surface area contributed by atoms with Crippen molar-refractivity contribution in [3.63, 3.8) is 0 Å². The van der Waals surface area contributed by atoms with Gasteiger partial charge in [-0.25, -0.2) is 10.2 Å². The van der Waals surface area contributed by atoms with E-state index < -0.39 is 5.97 Å². The third-order valence-corrected chi connectivity index (χ3v) is 4.09. The van der Waals surface area contributed by atoms with Gasteiger partial charge in [-0.05, 0) is 61.0 Å². The van der Waals surface area contributed by atoms with E-state index in [0.717, 1.165) is 5.56 Å². The van der Waals surface area contributed by atoms with Crippen LogP contribution in [0.25, 0.3) is 11.3 Å². The monoisotopic (exact) mass is 382 g/mol. The molecule has 136 valence electrons. The summed E-state index contributed by atoms with van der Waals surface area (Å²) in [4.78, 5) is 23.1. The Morgan fingerprint density at radius 2 is 1.78 bits per heavy atom. The largest absolute Gasteiger partial charge is 0.478 e. The highest BCUT2D eigenvalue weighted by Crippen LogP contribution is 2.26. The highest BCUT2D eigenvalue weighted by Gasteiger charge is 2.11. The van der Waals surface area contributed by atoms with Crippen molar-refractivity contribution in [1.29, 1.82) is 0 Å². The van der Waals surface area contributed by atoms with Gasteiger partial charge in [0, 0.05) is 16.1 Å². The molecule has 2 aromatic carbocycles. The normalized spacial score (nSPS) is 10.9. The maximum absolute atomic E-state index is 12.0. The number of nitrogens with zero attached hydrogens (tertiary/aromatic N) is 1. The van der Waals surface area contributed by atoms with E-state index >= 15 is 0 Å². The molecule has 7 heteroatoms. The molecule has 0 fully saturated rings. The first-order valence-corrected chi connectivity index (χ1v) is 8.35. The van der Waals surface area contributed by atoms with Gasteiger partial charge in [-0.2, -0.15) is 5.10 Å². The zero-order valence-electron chi connectivity index (χ0n) is 14.3. The summed E-state index contributed by atoms with van der Waals surface area (Å²) < 4.78 is 5.68. The molecule has 0 aliphatic heterocycles. The van der Waals surface area contributed by atoms with E-state index in [4.69, 9.17) is 21.1 Å². The lowest BCUT2D eigenvalue weighted by Gasteiger charge is -2.04. The van der Waals surface area contributed by atoms with Crippen molar-refractivity contribution in [2.45, 2.75) is 6.92 Å². The van der Waals surface area contributed by atoms with Gasteiger partial charge in [-0.3, -0.25) is 4.79 Å². The molecule has 1 heterocycles. The Labute approximate surface area is 160 Å². The number of carboxylic acids is 1. The number of furan rings is 1. The summed E-state index contributed by atoms with van der Waals surface area (Å²) in [7, 11) is 0. The summed E-state index contributed by atoms with van der Waals surface area (Å²) in [6.07, 6.45) is 1.37. The third kappa shape index (κ3) is 4.43. The third-order valence-electron chi connectivity index (χ3n) is 3.84. The summed E-state index contributed by atoms with van der Waals surface area (Å²) in [5, 5.41) is 13.5. The highest BCUT2D eigenvalue weighted by molar-refractivity contribution is 6.30. The number of carbonyl (C=O) groups excluding carboxylic acids is 1. The average molecular weight is 383 g/mol. The van der Waals surface area contributed by atoms with Crippen LogP contribution in [-0.4, -0.2) is 23.2 Å². The zero-order chi connectivity index (χ0) is 19.4. The quantitative estimate of drug-likeness (QED) is 0.506. The molecule has 2 N–H and O–H groups in total. The fraction of sp³-hybridized carbons (Fsp3) is 0.0500. The van der Waals surface area contributed by atoms with Crippen molar-refractivity contribution in [1.82, 2.24) is 5.43 Å². The van der Waals surface area contributed by atoms with Crippen LogP contribution >= 0.6 is 11.6 Å². The Morgan fingerprint density at radius 1 is 1.07 bits per heavy atom. The first kappa shape index (κ1) is 18.4. The number of hydrogen-bond donors (Lipinski definition) is 2. The molecule has 0 unspecified atom stereocenters. The molecule has 6 nitrogen and oxygen atoms in total. The molecule has 3 aromatic rings. The molecule has 0 aliphatic rings. The van der Waals surface area contributed by atoms with Crippen molar-refractivity contribution in [3.8, 4) is 11.3 Å². The van der Waals surface area contributed by atoms with E-state index in [-0.39, 0.29) is 11.5 Å². The van der Waals surface area contributed by atoms with Gasteiger partial charge < -0.3 is 9.52 Å². The van der Waals surface area contributed by atoms with Crippen LogP contribution in [-0.2, 0) is 0 Å². The number of aryl methyl sites for hydroxylation is 1. The minimum atomic E-state index is -1.01. The summed E-state index contributed by atoms with van der Waals surface area (Å²) in [5.74, 6) is -0.447. The Morgan fingerprint density at radius 3 is 2.48 bits per heavy atom. The number of rotatable bonds is 5. The highest BCUT2D eigenvalue weighted by atomic mass is 35.5. The number of amides is 1. The lowest BCUT2D eigenvalue weighted by atomic mass is 10.0. The van der Waals surface area contributed by atoms with Crippen molar-refractivity contribution < 1.29 is 19.1 Å². The molecule has 1 amide bonds. The maximum atomic E-state index is 12.0. The zero-order valence-corrected chi connectivity index (χ0v) is 15.0. The molecule has 0 atom stereocenters. The molecule has 1 aromatic heterocycles. The van der Waals surface area contributed by atoms with Crippen LogP contribution in [0.1, 0.15) is 32.0 Å². The molecule has 0 spiro atoms. The standard InChI is InChI=1S/C20H15ClN2O4/c1-12-2-3-14(20(25)26)10-17(12)18-9-8-16(27-18)11-22-23-19(24)13-4-6-15(21)7-5-13/h2-11H,1H3,(H,23,24)(H,25,26)/b22-11-. The van der Waals surface area contributed by atoms with Crippen molar-refractivity contribution in [2.75, 3.05) is 0 Å². The second-order valence-corrected chi connectivity index (χ2v) is 6.18. The van der Waals surface area contributed by atoms with Crippen LogP contribution in [0.15, 0.2) is 64.1 Å². The number of carboxylic acid groups (broad SMARTS) is 1. The minimum absolute atomic E-state index is 0.178. The van der Waals surface area contributed by atoms with E-state index in [0.29, 0.717) is 27.7 Å². The smallest absolute Gasteiger partial charge is 0.335 e. The van der Waals surface area contributed by atoms with E-state index in [2.05, 4.69) is 10.5 Å². The minimum Gasteiger partial charge on any atom is -0.478 e. The van der Waals surface area contributed by atoms with E-state index in [1.165, 1.54) is 6.21 Å². The van der Waals surface area contributed by atoms with Gasteiger partial charge in [0.25, 0.3) is 5.91 Å². The van der Waals surface area contributed by atoms with Crippen LogP contribution in [0.2, 0.25) is 5.02 Å². The SMILES string of the molecule is Cc1ccc(C(=O)O)cc1-c1ccc(/C=N\NC(=O)c2ccc(Cl)cc2)o1. The first-order valence-electron chi connectivity index (χ1n) is 7.97. The number of hydrogen-bond acceptors (Lipinski definition) is 4. The Kier molecular flexibility index (Phi) is 5.38. The topological polar surface area (TPSA) is 91.9 Å². The molecule has 0 saturated heterocycles. The number of benzene rings is 2. The van der Waals surface area contributed by atoms with Gasteiger partial charge in [0.2, 0.25) is 0 Å². The second-order valence-electron chi connectivity index (χ2n) is 5.74. The van der Waals surface area contributed by atoms with E-state index in [9.17, 15) is 9.59 Å². The van der Waals surface area contributed by atoms with Crippen LogP contribution in [0.3, 0.4) is 0 Å². The summed E-state index contributed by atoms with van der Waals surface area (Å²) in [6, 6.07) is 14.6. The number of hydrazone groups is 1. The molecule has 0 saturated carbocycles. The van der Waals surface area contributed by atoms with Crippen molar-refractivity contribution in [2.24, 2.45) is 5.10 Å². The number of nitrogens with one attached hydrogen (secondary N) is 1. The number of carbonyl (C=O) groups is 2. The van der Waals surface area contributed by atoms with Gasteiger partial charge in [-0.1, -0.05) is 17.7 Å². The van der Waals surface area contributed by atoms with Gasteiger partial charge in [0.1, 0.15) is 11.5 Å². The predicted octanol–water partition coefficient (Wildman–Crippen LogP) is 4.37. The fourth-order valence-electron chi connectivity index (χ4n) is 2.41. The fourth-order valence-corrected chi connectivity index (χ4v) is 2.53. The van der Waals surface area contributed by atoms with Crippen molar-refractivity contribution in [3.05, 3.63) is 82.1 Å². The van der Waals surface area contributed by atoms with Gasteiger partial charge >= 0.3 is 5.97 Å². The van der Waals surface area contributed by atoms with Crippen LogP contribution in [0.4, 0.5) is 0 Å². The van der Waals surface area contributed by atoms with Crippen LogP contribution < -0.4 is 5.43 Å². The van der Waals surface area contributed by atoms with Gasteiger partial charge in [0.05, 0.1) is 11.8 Å². The molecule has 0 aliphatic carbocycles. The van der Waals surface area contributed by atoms with Gasteiger partial charge in [0.15, 0.2) is 0 Å². The summed E-state index contributed by atoms with van der Waals surface area (Å²) in [6.45, 7) is 1.86.